The fraction of sp³-hybridized carbons (Fsp3) is 0.256. The van der Waals surface area contributed by atoms with Crippen LogP contribution < -0.4 is 31.9 Å². The number of anilines is 3. The first-order chi connectivity index (χ1) is 26.3. The van der Waals surface area contributed by atoms with Gasteiger partial charge in [0.1, 0.15) is 5.41 Å². The molecule has 12 nitrogen and oxygen atoms in total. The lowest BCUT2D eigenvalue weighted by Crippen LogP contribution is -2.66. The number of carbonyl (C=O) groups excluding carboxylic acids is 2. The van der Waals surface area contributed by atoms with Gasteiger partial charge in [-0.05, 0) is 83.7 Å². The highest BCUT2D eigenvalue weighted by atomic mass is 16.4. The molecular formula is C43H50N4O8. The topological polar surface area (TPSA) is 225 Å². The third-order valence-corrected chi connectivity index (χ3v) is 8.87. The van der Waals surface area contributed by atoms with E-state index in [1.54, 1.807) is 0 Å². The van der Waals surface area contributed by atoms with Crippen molar-refractivity contribution < 1.29 is 51.1 Å². The number of quaternary nitrogens is 2. The van der Waals surface area contributed by atoms with Crippen molar-refractivity contribution in [2.24, 2.45) is 5.41 Å². The molecule has 4 aromatic carbocycles. The Morgan fingerprint density at radius 3 is 1.65 bits per heavy atom. The Hall–Kier alpha value is -6.24. The minimum absolute atomic E-state index is 0.0745. The van der Waals surface area contributed by atoms with E-state index in [9.17, 15) is 29.4 Å². The van der Waals surface area contributed by atoms with Crippen LogP contribution in [0.15, 0.2) is 121 Å². The molecule has 0 spiro atoms. The van der Waals surface area contributed by atoms with Gasteiger partial charge in [0.15, 0.2) is 0 Å². The number of carbonyl (C=O) groups is 4. The molecule has 0 aromatic heterocycles. The smallest absolute Gasteiger partial charge is 0.303 e. The zero-order chi connectivity index (χ0) is 40.4. The third kappa shape index (κ3) is 13.6. The zero-order valence-corrected chi connectivity index (χ0v) is 31.3. The standard InChI is InChI=1S/C33H34N4.2C5H8O4/c1-37(2)27-14-12-24(13-15-27)32(25-18-20-33(22-34,23-35)21-19-25)30-16-17-31(29-11-7-6-10-28(29)30)36-26-8-4-3-5-9-26;2*6-4(7)2-1-3-5(8)9/h3-21,36H,22-23,34-35H2,1-2H3;2*1-3H2,(H,6,7)(H,8,9). The molecule has 55 heavy (non-hydrogen) atoms. The van der Waals surface area contributed by atoms with Crippen molar-refractivity contribution in [1.29, 1.82) is 0 Å². The lowest BCUT2D eigenvalue weighted by molar-refractivity contribution is -0.429. The van der Waals surface area contributed by atoms with E-state index in [0.29, 0.717) is 0 Å². The van der Waals surface area contributed by atoms with Crippen LogP contribution in [0.2, 0.25) is 0 Å². The summed E-state index contributed by atoms with van der Waals surface area (Å²) in [6, 6.07) is 32.3. The molecule has 0 bridgehead atoms. The summed E-state index contributed by atoms with van der Waals surface area (Å²) in [5.41, 5.74) is 16.5. The molecule has 0 heterocycles. The van der Waals surface area contributed by atoms with Crippen LogP contribution >= 0.6 is 0 Å². The first kappa shape index (κ1) is 43.2. The van der Waals surface area contributed by atoms with Crippen molar-refractivity contribution in [3.63, 3.8) is 0 Å². The van der Waals surface area contributed by atoms with E-state index in [-0.39, 0.29) is 43.9 Å². The van der Waals surface area contributed by atoms with E-state index in [1.807, 2.05) is 6.07 Å². The lowest BCUT2D eigenvalue weighted by atomic mass is 9.80. The molecule has 1 aliphatic carbocycles. The second-order valence-electron chi connectivity index (χ2n) is 13.1. The average Bonchev–Trinajstić information content (AvgIpc) is 3.16. The number of hydrogen-bond donors (Lipinski definition) is 5. The van der Waals surface area contributed by atoms with Gasteiger partial charge < -0.3 is 51.7 Å². The van der Waals surface area contributed by atoms with E-state index >= 15 is 0 Å². The van der Waals surface area contributed by atoms with Crippen LogP contribution in [0.1, 0.15) is 49.7 Å². The lowest BCUT2D eigenvalue weighted by Gasteiger charge is -2.24. The molecule has 0 unspecified atom stereocenters. The summed E-state index contributed by atoms with van der Waals surface area (Å²) in [7, 11) is 4.15. The van der Waals surface area contributed by atoms with Crippen molar-refractivity contribution in [2.45, 2.75) is 38.5 Å². The first-order valence-corrected chi connectivity index (χ1v) is 18.0. The number of benzene rings is 4. The molecule has 0 amide bonds. The maximum absolute atomic E-state index is 9.77. The first-order valence-electron chi connectivity index (χ1n) is 18.0. The van der Waals surface area contributed by atoms with Crippen LogP contribution in [0.3, 0.4) is 0 Å². The second kappa shape index (κ2) is 21.5. The zero-order valence-electron chi connectivity index (χ0n) is 31.3. The molecule has 0 aliphatic heterocycles. The van der Waals surface area contributed by atoms with Gasteiger partial charge in [0.2, 0.25) is 0 Å². The molecular weight excluding hydrogens is 700 g/mol. The minimum atomic E-state index is -1.20. The molecule has 0 radical (unpaired) electrons. The summed E-state index contributed by atoms with van der Waals surface area (Å²) in [6.45, 7) is 1.60. The summed E-state index contributed by atoms with van der Waals surface area (Å²) in [4.78, 5) is 41.0. The van der Waals surface area contributed by atoms with Gasteiger partial charge >= 0.3 is 11.9 Å². The second-order valence-corrected chi connectivity index (χ2v) is 13.1. The summed E-state index contributed by atoms with van der Waals surface area (Å²) in [5.74, 6) is -4.35. The Morgan fingerprint density at radius 2 is 1.18 bits per heavy atom. The highest BCUT2D eigenvalue weighted by Gasteiger charge is 2.28. The normalized spacial score (nSPS) is 12.4. The summed E-state index contributed by atoms with van der Waals surface area (Å²) in [6.07, 6.45) is 8.83. The van der Waals surface area contributed by atoms with Crippen LogP contribution in [0.25, 0.3) is 16.3 Å². The van der Waals surface area contributed by atoms with Crippen LogP contribution in [0.5, 0.6) is 0 Å². The Bertz CT molecular complexity index is 1920. The number of allylic oxidation sites excluding steroid dienone is 3. The Kier molecular flexibility index (Phi) is 16.8. The summed E-state index contributed by atoms with van der Waals surface area (Å²) < 4.78 is 0. The number of rotatable bonds is 15. The highest BCUT2D eigenvalue weighted by molar-refractivity contribution is 6.05. The predicted octanol–water partition coefficient (Wildman–Crippen LogP) is 3.03. The largest absolute Gasteiger partial charge is 0.550 e. The number of carboxylic acids is 4. The van der Waals surface area contributed by atoms with E-state index in [2.05, 4.69) is 145 Å². The molecule has 0 saturated heterocycles. The van der Waals surface area contributed by atoms with Crippen molar-refractivity contribution in [3.05, 3.63) is 132 Å². The number of fused-ring (bicyclic) bond motifs is 1. The van der Waals surface area contributed by atoms with Crippen LogP contribution in [0.4, 0.5) is 17.1 Å². The number of nitrogens with zero attached hydrogens (tertiary/aromatic N) is 1. The van der Waals surface area contributed by atoms with E-state index in [0.717, 1.165) is 24.5 Å². The molecule has 5 rings (SSSR count). The molecule has 12 heteroatoms. The molecule has 0 saturated carbocycles. The third-order valence-electron chi connectivity index (χ3n) is 8.87. The van der Waals surface area contributed by atoms with Gasteiger partial charge in [-0.3, -0.25) is 9.59 Å². The maximum Gasteiger partial charge on any atom is 0.303 e. The molecule has 9 N–H and O–H groups in total. The highest BCUT2D eigenvalue weighted by Crippen LogP contribution is 2.39. The van der Waals surface area contributed by atoms with Crippen molar-refractivity contribution in [3.8, 4) is 0 Å². The fourth-order valence-electron chi connectivity index (χ4n) is 5.72. The van der Waals surface area contributed by atoms with Gasteiger partial charge in [-0.15, -0.1) is 0 Å². The van der Waals surface area contributed by atoms with Gasteiger partial charge in [-0.25, -0.2) is 0 Å². The Morgan fingerprint density at radius 1 is 0.673 bits per heavy atom. The van der Waals surface area contributed by atoms with Gasteiger partial charge in [0, 0.05) is 61.3 Å². The molecule has 4 aromatic rings. The molecule has 290 valence electrons. The Balaban J connectivity index is 0.000000374. The van der Waals surface area contributed by atoms with Crippen molar-refractivity contribution in [2.75, 3.05) is 37.4 Å². The summed E-state index contributed by atoms with van der Waals surface area (Å²) >= 11 is 0. The van der Waals surface area contributed by atoms with Gasteiger partial charge in [-0.2, -0.15) is 0 Å². The number of carboxylic acid groups (broad SMARTS) is 4. The monoisotopic (exact) mass is 750 g/mol. The van der Waals surface area contributed by atoms with Crippen LogP contribution in [-0.2, 0) is 19.2 Å². The molecule has 1 aliphatic rings. The maximum atomic E-state index is 9.77. The number of hydrogen-bond acceptors (Lipinski definition) is 8. The van der Waals surface area contributed by atoms with E-state index in [4.69, 9.17) is 10.2 Å². The van der Waals surface area contributed by atoms with Gasteiger partial charge in [0.05, 0.1) is 13.1 Å². The molecule has 0 atom stereocenters. The van der Waals surface area contributed by atoms with Crippen LogP contribution in [0, 0.1) is 5.41 Å². The van der Waals surface area contributed by atoms with Crippen molar-refractivity contribution >= 4 is 57.3 Å². The van der Waals surface area contributed by atoms with Crippen LogP contribution in [-0.4, -0.2) is 61.3 Å². The quantitative estimate of drug-likeness (QED) is 0.119. The fourth-order valence-corrected chi connectivity index (χ4v) is 5.72. The summed E-state index contributed by atoms with van der Waals surface area (Å²) in [5, 5.41) is 41.4. The molecule has 0 fully saturated rings. The Labute approximate surface area is 321 Å². The van der Waals surface area contributed by atoms with E-state index in [1.165, 1.54) is 38.7 Å². The number of nitrogens with one attached hydrogen (secondary N) is 1. The minimum Gasteiger partial charge on any atom is -0.550 e. The SMILES string of the molecule is CN(C)c1ccc(C(=C2C=CC(C[NH3+])(C[NH3+])C=C2)c2ccc(Nc3ccccc3)c3ccccc23)cc1.O=C([O-])CCCC(=O)O.O=C([O-])CCCC(=O)O. The predicted molar refractivity (Wildman–Crippen MR) is 210 cm³/mol. The van der Waals surface area contributed by atoms with Gasteiger partial charge in [0.25, 0.3) is 0 Å². The average molecular weight is 751 g/mol. The van der Waals surface area contributed by atoms with Crippen molar-refractivity contribution in [1.82, 2.24) is 0 Å². The van der Waals surface area contributed by atoms with E-state index < -0.39 is 23.9 Å². The number of para-hydroxylation sites is 1. The van der Waals surface area contributed by atoms with Gasteiger partial charge in [-0.1, -0.05) is 85.0 Å². The number of aliphatic carboxylic acids is 4.